The standard InChI is InChI=1S/C13H18N6O/c1-18-13(16-10-17-18)9-20-12-6-11(7-15-8-12)19-4-2-14-3-5-19/h6-8,10,14H,2-5,9H2,1H3. The fourth-order valence-electron chi connectivity index (χ4n) is 2.18. The number of piperazine rings is 1. The third kappa shape index (κ3) is 2.88. The normalized spacial score (nSPS) is 15.3. The molecule has 1 aliphatic heterocycles. The molecular weight excluding hydrogens is 256 g/mol. The molecule has 106 valence electrons. The molecule has 0 unspecified atom stereocenters. The minimum absolute atomic E-state index is 0.392. The number of aryl methyl sites for hydroxylation is 1. The molecule has 1 aliphatic rings. The first-order valence-electron chi connectivity index (χ1n) is 6.69. The van der Waals surface area contributed by atoms with Crippen LogP contribution in [0, 0.1) is 0 Å². The Morgan fingerprint density at radius 2 is 2.15 bits per heavy atom. The van der Waals surface area contributed by atoms with Crippen molar-refractivity contribution >= 4 is 5.69 Å². The summed E-state index contributed by atoms with van der Waals surface area (Å²) in [4.78, 5) is 10.7. The Bertz CT molecular complexity index is 563. The second kappa shape index (κ2) is 5.87. The molecule has 0 radical (unpaired) electrons. The highest BCUT2D eigenvalue weighted by molar-refractivity contribution is 5.48. The molecule has 7 nitrogen and oxygen atoms in total. The zero-order valence-electron chi connectivity index (χ0n) is 11.5. The predicted octanol–water partition coefficient (Wildman–Crippen LogP) is 0.199. The van der Waals surface area contributed by atoms with Gasteiger partial charge in [0.25, 0.3) is 0 Å². The SMILES string of the molecule is Cn1ncnc1COc1cncc(N2CCNCC2)c1. The van der Waals surface area contributed by atoms with Crippen molar-refractivity contribution in [3.8, 4) is 5.75 Å². The van der Waals surface area contributed by atoms with Gasteiger partial charge in [-0.05, 0) is 0 Å². The van der Waals surface area contributed by atoms with Crippen LogP contribution < -0.4 is 15.0 Å². The summed E-state index contributed by atoms with van der Waals surface area (Å²) in [5, 5.41) is 7.35. The fourth-order valence-corrected chi connectivity index (χ4v) is 2.18. The Morgan fingerprint density at radius 1 is 1.30 bits per heavy atom. The highest BCUT2D eigenvalue weighted by Gasteiger charge is 2.11. The van der Waals surface area contributed by atoms with E-state index in [0.717, 1.165) is 43.4 Å². The molecule has 0 saturated carbocycles. The molecule has 1 saturated heterocycles. The Balaban J connectivity index is 1.66. The Hall–Kier alpha value is -2.15. The van der Waals surface area contributed by atoms with Crippen LogP contribution in [-0.2, 0) is 13.7 Å². The molecule has 1 fully saturated rings. The van der Waals surface area contributed by atoms with Crippen molar-refractivity contribution in [2.45, 2.75) is 6.61 Å². The van der Waals surface area contributed by atoms with E-state index < -0.39 is 0 Å². The highest BCUT2D eigenvalue weighted by atomic mass is 16.5. The molecule has 0 amide bonds. The van der Waals surface area contributed by atoms with Gasteiger partial charge in [-0.2, -0.15) is 5.10 Å². The van der Waals surface area contributed by atoms with Gasteiger partial charge in [-0.15, -0.1) is 0 Å². The molecule has 0 atom stereocenters. The van der Waals surface area contributed by atoms with Crippen LogP contribution in [0.25, 0.3) is 0 Å². The molecule has 1 N–H and O–H groups in total. The van der Waals surface area contributed by atoms with Crippen molar-refractivity contribution in [2.24, 2.45) is 7.05 Å². The van der Waals surface area contributed by atoms with E-state index in [0.29, 0.717) is 6.61 Å². The summed E-state index contributed by atoms with van der Waals surface area (Å²) in [6.07, 6.45) is 5.12. The molecule has 20 heavy (non-hydrogen) atoms. The van der Waals surface area contributed by atoms with Gasteiger partial charge in [0.2, 0.25) is 0 Å². The van der Waals surface area contributed by atoms with Gasteiger partial charge in [-0.25, -0.2) is 4.98 Å². The molecule has 2 aromatic rings. The van der Waals surface area contributed by atoms with E-state index >= 15 is 0 Å². The molecule has 3 rings (SSSR count). The van der Waals surface area contributed by atoms with E-state index in [1.54, 1.807) is 10.9 Å². The van der Waals surface area contributed by atoms with Gasteiger partial charge < -0.3 is 15.0 Å². The highest BCUT2D eigenvalue weighted by Crippen LogP contribution is 2.20. The molecule has 2 aromatic heterocycles. The number of anilines is 1. The van der Waals surface area contributed by atoms with E-state index in [-0.39, 0.29) is 0 Å². The van der Waals surface area contributed by atoms with Crippen LogP contribution in [0.4, 0.5) is 5.69 Å². The van der Waals surface area contributed by atoms with Crippen molar-refractivity contribution in [2.75, 3.05) is 31.1 Å². The molecule has 0 spiro atoms. The number of hydrogen-bond donors (Lipinski definition) is 1. The zero-order chi connectivity index (χ0) is 13.8. The summed E-state index contributed by atoms with van der Waals surface area (Å²) in [6.45, 7) is 4.39. The Labute approximate surface area is 117 Å². The average Bonchev–Trinajstić information content (AvgIpc) is 2.92. The van der Waals surface area contributed by atoms with Gasteiger partial charge in [0.15, 0.2) is 5.82 Å². The van der Waals surface area contributed by atoms with Crippen molar-refractivity contribution in [1.29, 1.82) is 0 Å². The minimum Gasteiger partial charge on any atom is -0.484 e. The number of hydrogen-bond acceptors (Lipinski definition) is 6. The topological polar surface area (TPSA) is 68.1 Å². The lowest BCUT2D eigenvalue weighted by atomic mass is 10.3. The van der Waals surface area contributed by atoms with Gasteiger partial charge in [-0.1, -0.05) is 0 Å². The van der Waals surface area contributed by atoms with Crippen molar-refractivity contribution in [3.63, 3.8) is 0 Å². The monoisotopic (exact) mass is 274 g/mol. The summed E-state index contributed by atoms with van der Waals surface area (Å²) < 4.78 is 7.44. The van der Waals surface area contributed by atoms with Gasteiger partial charge in [-0.3, -0.25) is 9.67 Å². The van der Waals surface area contributed by atoms with Crippen LogP contribution in [0.5, 0.6) is 5.75 Å². The lowest BCUT2D eigenvalue weighted by molar-refractivity contribution is 0.288. The maximum absolute atomic E-state index is 5.73. The second-order valence-corrected chi connectivity index (χ2v) is 4.70. The van der Waals surface area contributed by atoms with Crippen LogP contribution in [0.15, 0.2) is 24.8 Å². The molecule has 7 heteroatoms. The maximum atomic E-state index is 5.73. The summed E-state index contributed by atoms with van der Waals surface area (Å²) in [6, 6.07) is 2.02. The number of pyridine rings is 1. The first-order chi connectivity index (χ1) is 9.83. The predicted molar refractivity (Wildman–Crippen MR) is 74.7 cm³/mol. The van der Waals surface area contributed by atoms with Gasteiger partial charge in [0.05, 0.1) is 18.1 Å². The maximum Gasteiger partial charge on any atom is 0.164 e. The summed E-state index contributed by atoms with van der Waals surface area (Å²) in [5.41, 5.74) is 1.10. The van der Waals surface area contributed by atoms with Gasteiger partial charge in [0, 0.05) is 39.3 Å². The lowest BCUT2D eigenvalue weighted by Crippen LogP contribution is -2.43. The molecule has 0 aliphatic carbocycles. The molecule has 0 aromatic carbocycles. The van der Waals surface area contributed by atoms with Crippen LogP contribution in [-0.4, -0.2) is 45.9 Å². The first-order valence-corrected chi connectivity index (χ1v) is 6.69. The molecule has 0 bridgehead atoms. The van der Waals surface area contributed by atoms with E-state index in [9.17, 15) is 0 Å². The lowest BCUT2D eigenvalue weighted by Gasteiger charge is -2.29. The Morgan fingerprint density at radius 3 is 2.90 bits per heavy atom. The van der Waals surface area contributed by atoms with Crippen LogP contribution in [0.3, 0.4) is 0 Å². The van der Waals surface area contributed by atoms with E-state index in [4.69, 9.17) is 4.74 Å². The van der Waals surface area contributed by atoms with Crippen molar-refractivity contribution in [1.82, 2.24) is 25.1 Å². The summed E-state index contributed by atoms with van der Waals surface area (Å²) in [5.74, 6) is 1.54. The van der Waals surface area contributed by atoms with E-state index in [1.807, 2.05) is 19.3 Å². The van der Waals surface area contributed by atoms with Crippen LogP contribution >= 0.6 is 0 Å². The van der Waals surface area contributed by atoms with Crippen LogP contribution in [0.2, 0.25) is 0 Å². The number of nitrogens with one attached hydrogen (secondary N) is 1. The first kappa shape index (κ1) is 12.9. The number of ether oxygens (including phenoxy) is 1. The number of rotatable bonds is 4. The average molecular weight is 274 g/mol. The molecular formula is C13H18N6O. The quantitative estimate of drug-likeness (QED) is 0.859. The Kier molecular flexibility index (Phi) is 3.78. The largest absolute Gasteiger partial charge is 0.484 e. The second-order valence-electron chi connectivity index (χ2n) is 4.70. The van der Waals surface area contributed by atoms with E-state index in [2.05, 4.69) is 25.3 Å². The number of nitrogens with zero attached hydrogens (tertiary/aromatic N) is 5. The molecule has 3 heterocycles. The third-order valence-corrected chi connectivity index (χ3v) is 3.35. The van der Waals surface area contributed by atoms with Gasteiger partial charge >= 0.3 is 0 Å². The summed E-state index contributed by atoms with van der Waals surface area (Å²) >= 11 is 0. The van der Waals surface area contributed by atoms with Crippen molar-refractivity contribution < 1.29 is 4.74 Å². The minimum atomic E-state index is 0.392. The van der Waals surface area contributed by atoms with Gasteiger partial charge in [0.1, 0.15) is 18.7 Å². The smallest absolute Gasteiger partial charge is 0.164 e. The third-order valence-electron chi connectivity index (χ3n) is 3.35. The zero-order valence-corrected chi connectivity index (χ0v) is 11.5. The van der Waals surface area contributed by atoms with E-state index in [1.165, 1.54) is 6.33 Å². The fraction of sp³-hybridized carbons (Fsp3) is 0.462. The number of aromatic nitrogens is 4. The van der Waals surface area contributed by atoms with Crippen molar-refractivity contribution in [3.05, 3.63) is 30.6 Å². The summed E-state index contributed by atoms with van der Waals surface area (Å²) in [7, 11) is 1.85. The van der Waals surface area contributed by atoms with Crippen LogP contribution in [0.1, 0.15) is 5.82 Å².